The summed E-state index contributed by atoms with van der Waals surface area (Å²) in [6.07, 6.45) is 4.04. The quantitative estimate of drug-likeness (QED) is 0.381. The molecule has 3 N–H and O–H groups in total. The Balaban J connectivity index is 0.00000220. The van der Waals surface area contributed by atoms with E-state index in [1.807, 2.05) is 6.07 Å². The Hall–Kier alpha value is -0.350. The van der Waals surface area contributed by atoms with Gasteiger partial charge in [0.2, 0.25) is 0 Å². The number of nitrogens with two attached hydrogens (primary N) is 1. The third-order valence-corrected chi connectivity index (χ3v) is 5.44. The van der Waals surface area contributed by atoms with Gasteiger partial charge in [0.25, 0.3) is 0 Å². The molecule has 0 spiro atoms. The average molecular weight is 443 g/mol. The Morgan fingerprint density at radius 3 is 2.76 bits per heavy atom. The van der Waals surface area contributed by atoms with Crippen molar-refractivity contribution >= 4 is 51.1 Å². The van der Waals surface area contributed by atoms with Crippen molar-refractivity contribution in [3.05, 3.63) is 22.4 Å². The van der Waals surface area contributed by atoms with Crippen LogP contribution in [0.4, 0.5) is 0 Å². The molecule has 1 saturated carbocycles. The highest BCUT2D eigenvalue weighted by Gasteiger charge is 2.45. The van der Waals surface area contributed by atoms with E-state index >= 15 is 0 Å². The molecule has 1 aliphatic carbocycles. The second-order valence-corrected chi connectivity index (χ2v) is 8.70. The van der Waals surface area contributed by atoms with Gasteiger partial charge in [-0.3, -0.25) is 4.99 Å². The fraction of sp³-hybridized carbons (Fsp3) is 0.615. The van der Waals surface area contributed by atoms with Gasteiger partial charge >= 0.3 is 0 Å². The van der Waals surface area contributed by atoms with E-state index in [1.165, 1.54) is 11.1 Å². The van der Waals surface area contributed by atoms with Gasteiger partial charge in [-0.1, -0.05) is 6.07 Å². The number of thiophene rings is 1. The molecule has 0 unspecified atom stereocenters. The van der Waals surface area contributed by atoms with Crippen molar-refractivity contribution in [2.24, 2.45) is 16.1 Å². The van der Waals surface area contributed by atoms with Crippen molar-refractivity contribution in [3.63, 3.8) is 0 Å². The molecule has 1 aromatic heterocycles. The molecule has 1 heterocycles. The van der Waals surface area contributed by atoms with Crippen LogP contribution in [0.25, 0.3) is 0 Å². The summed E-state index contributed by atoms with van der Waals surface area (Å²) in [5.74, 6) is 0.618. The molecule has 21 heavy (non-hydrogen) atoms. The number of sulfone groups is 1. The minimum absolute atomic E-state index is 0. The summed E-state index contributed by atoms with van der Waals surface area (Å²) in [5, 5.41) is 5.12. The summed E-state index contributed by atoms with van der Waals surface area (Å²) in [5.41, 5.74) is 5.65. The molecule has 0 amide bonds. The first-order chi connectivity index (χ1) is 9.39. The van der Waals surface area contributed by atoms with Gasteiger partial charge in [-0.05, 0) is 30.7 Å². The summed E-state index contributed by atoms with van der Waals surface area (Å²) < 4.78 is 22.7. The Morgan fingerprint density at radius 2 is 2.24 bits per heavy atom. The Bertz CT molecular complexity index is 566. The zero-order valence-electron chi connectivity index (χ0n) is 12.0. The molecule has 1 aliphatic rings. The van der Waals surface area contributed by atoms with Crippen LogP contribution in [0.2, 0.25) is 0 Å². The summed E-state index contributed by atoms with van der Waals surface area (Å²) in [4.78, 5) is 5.59. The van der Waals surface area contributed by atoms with Gasteiger partial charge in [-0.15, -0.1) is 35.3 Å². The first-order valence-corrected chi connectivity index (χ1v) is 9.57. The number of nitrogens with zero attached hydrogens (tertiary/aromatic N) is 1. The first kappa shape index (κ1) is 18.7. The number of halogens is 1. The highest BCUT2D eigenvalue weighted by atomic mass is 127. The molecule has 1 aromatic rings. The van der Waals surface area contributed by atoms with E-state index in [1.54, 1.807) is 11.3 Å². The lowest BCUT2D eigenvalue weighted by atomic mass is 10.1. The van der Waals surface area contributed by atoms with Crippen LogP contribution >= 0.6 is 35.3 Å². The lowest BCUT2D eigenvalue weighted by Gasteiger charge is -2.11. The third-order valence-electron chi connectivity index (χ3n) is 3.37. The van der Waals surface area contributed by atoms with Crippen molar-refractivity contribution < 1.29 is 8.42 Å². The Kier molecular flexibility index (Phi) is 6.92. The Morgan fingerprint density at radius 1 is 1.52 bits per heavy atom. The minimum Gasteiger partial charge on any atom is -0.370 e. The van der Waals surface area contributed by atoms with E-state index in [9.17, 15) is 8.42 Å². The normalized spacial score (nSPS) is 17.1. The number of hydrogen-bond donors (Lipinski definition) is 2. The second kappa shape index (κ2) is 7.77. The van der Waals surface area contributed by atoms with Gasteiger partial charge in [-0.25, -0.2) is 8.42 Å². The van der Waals surface area contributed by atoms with Crippen LogP contribution in [0, 0.1) is 5.41 Å². The second-order valence-electron chi connectivity index (χ2n) is 5.53. The van der Waals surface area contributed by atoms with Crippen molar-refractivity contribution in [3.8, 4) is 0 Å². The van der Waals surface area contributed by atoms with E-state index in [2.05, 4.69) is 21.8 Å². The number of aliphatic imine (C=N–C) groups is 1. The fourth-order valence-corrected chi connectivity index (χ4v) is 4.36. The molecule has 0 aromatic carbocycles. The largest absolute Gasteiger partial charge is 0.370 e. The molecule has 120 valence electrons. The van der Waals surface area contributed by atoms with E-state index in [4.69, 9.17) is 5.73 Å². The van der Waals surface area contributed by atoms with Crippen molar-refractivity contribution in [2.45, 2.75) is 19.3 Å². The van der Waals surface area contributed by atoms with Crippen LogP contribution < -0.4 is 11.1 Å². The lowest BCUT2D eigenvalue weighted by molar-refractivity contribution is 0.551. The highest BCUT2D eigenvalue weighted by Crippen LogP contribution is 2.46. The van der Waals surface area contributed by atoms with Gasteiger partial charge in [0.05, 0.1) is 5.75 Å². The minimum atomic E-state index is -2.94. The van der Waals surface area contributed by atoms with Crippen LogP contribution in [0.5, 0.6) is 0 Å². The highest BCUT2D eigenvalue weighted by molar-refractivity contribution is 14.0. The molecule has 0 radical (unpaired) electrons. The molecule has 2 rings (SSSR count). The van der Waals surface area contributed by atoms with Gasteiger partial charge in [0.1, 0.15) is 9.84 Å². The molecule has 0 saturated heterocycles. The van der Waals surface area contributed by atoms with Crippen molar-refractivity contribution in [1.82, 2.24) is 5.32 Å². The molecular weight excluding hydrogens is 421 g/mol. The molecule has 0 atom stereocenters. The predicted octanol–water partition coefficient (Wildman–Crippen LogP) is 1.64. The molecule has 0 aliphatic heterocycles. The predicted molar refractivity (Wildman–Crippen MR) is 99.3 cm³/mol. The van der Waals surface area contributed by atoms with Gasteiger partial charge in [0.15, 0.2) is 5.96 Å². The van der Waals surface area contributed by atoms with Crippen LogP contribution in [-0.4, -0.2) is 39.5 Å². The van der Waals surface area contributed by atoms with E-state index in [0.29, 0.717) is 12.5 Å². The summed E-state index contributed by atoms with van der Waals surface area (Å²) in [6, 6.07) is 4.12. The van der Waals surface area contributed by atoms with Crippen molar-refractivity contribution in [2.75, 3.05) is 25.1 Å². The fourth-order valence-electron chi connectivity index (χ4n) is 2.16. The van der Waals surface area contributed by atoms with Gasteiger partial charge in [0, 0.05) is 29.6 Å². The number of rotatable bonds is 7. The molecule has 0 bridgehead atoms. The molecule has 8 heteroatoms. The molecular formula is C13H22IN3O2S2. The standard InChI is InChI=1S/C13H21N3O2S2.HI/c1-20(17,18)10-13(5-6-13)9-16-12(14)15-7-4-11-3-2-8-19-11;/h2-3,8H,4-7,9-10H2,1H3,(H3,14,15,16);1H. The SMILES string of the molecule is CS(=O)(=O)CC1(CN=C(N)NCCc2cccs2)CC1.I. The zero-order valence-corrected chi connectivity index (χ0v) is 16.0. The van der Waals surface area contributed by atoms with Gasteiger partial charge in [-0.2, -0.15) is 0 Å². The van der Waals surface area contributed by atoms with Crippen LogP contribution in [0.15, 0.2) is 22.5 Å². The maximum Gasteiger partial charge on any atom is 0.188 e. The van der Waals surface area contributed by atoms with Crippen LogP contribution in [-0.2, 0) is 16.3 Å². The number of nitrogens with one attached hydrogen (secondary N) is 1. The monoisotopic (exact) mass is 443 g/mol. The Labute approximate surface area is 147 Å². The van der Waals surface area contributed by atoms with E-state index < -0.39 is 9.84 Å². The van der Waals surface area contributed by atoms with Crippen molar-refractivity contribution in [1.29, 1.82) is 0 Å². The summed E-state index contributed by atoms with van der Waals surface area (Å²) >= 11 is 1.72. The smallest absolute Gasteiger partial charge is 0.188 e. The average Bonchev–Trinajstić information content (AvgIpc) is 2.88. The van der Waals surface area contributed by atoms with E-state index in [-0.39, 0.29) is 35.1 Å². The van der Waals surface area contributed by atoms with Crippen LogP contribution in [0.3, 0.4) is 0 Å². The number of hydrogen-bond acceptors (Lipinski definition) is 4. The zero-order chi connectivity index (χ0) is 14.6. The topological polar surface area (TPSA) is 84.5 Å². The van der Waals surface area contributed by atoms with Gasteiger partial charge < -0.3 is 11.1 Å². The van der Waals surface area contributed by atoms with Crippen LogP contribution in [0.1, 0.15) is 17.7 Å². The molecule has 1 fully saturated rings. The molecule has 5 nitrogen and oxygen atoms in total. The van der Waals surface area contributed by atoms with E-state index in [0.717, 1.165) is 25.8 Å². The third kappa shape index (κ3) is 6.96. The maximum atomic E-state index is 11.3. The lowest BCUT2D eigenvalue weighted by Crippen LogP contribution is -2.34. The maximum absolute atomic E-state index is 11.3. The number of guanidine groups is 1. The summed E-state index contributed by atoms with van der Waals surface area (Å²) in [6.45, 7) is 1.24. The summed E-state index contributed by atoms with van der Waals surface area (Å²) in [7, 11) is -2.94. The first-order valence-electron chi connectivity index (χ1n) is 6.63.